The van der Waals surface area contributed by atoms with E-state index in [0.29, 0.717) is 24.5 Å². The van der Waals surface area contributed by atoms with Gasteiger partial charge in [0.15, 0.2) is 0 Å². The number of nitrogens with zero attached hydrogens (tertiary/aromatic N) is 1. The van der Waals surface area contributed by atoms with Crippen molar-refractivity contribution >= 4 is 33.2 Å². The smallest absolute Gasteiger partial charge is 0.274 e. The van der Waals surface area contributed by atoms with Gasteiger partial charge in [0, 0.05) is 18.1 Å². The Morgan fingerprint density at radius 3 is 2.76 bits per heavy atom. The first-order valence-electron chi connectivity index (χ1n) is 6.45. The molecule has 0 atom stereocenters. The highest BCUT2D eigenvalue weighted by Crippen LogP contribution is 2.21. The van der Waals surface area contributed by atoms with Crippen molar-refractivity contribution in [1.29, 1.82) is 0 Å². The minimum absolute atomic E-state index is 0.245. The number of nitrogens with one attached hydrogen (secondary N) is 2. The molecule has 5 nitrogen and oxygen atoms in total. The zero-order valence-corrected chi connectivity index (χ0v) is 13.2. The van der Waals surface area contributed by atoms with Gasteiger partial charge in [-0.2, -0.15) is 0 Å². The summed E-state index contributed by atoms with van der Waals surface area (Å²) in [6.07, 6.45) is 1.63. The first kappa shape index (κ1) is 15.5. The molecule has 0 bridgehead atoms. The molecule has 0 fully saturated rings. The summed E-state index contributed by atoms with van der Waals surface area (Å²) in [5, 5.41) is 5.95. The second kappa shape index (κ2) is 7.75. The maximum absolute atomic E-state index is 12.1. The second-order valence-corrected chi connectivity index (χ2v) is 5.14. The number of rotatable bonds is 6. The highest BCUT2D eigenvalue weighted by atomic mass is 79.9. The molecule has 0 aliphatic heterocycles. The van der Waals surface area contributed by atoms with Crippen LogP contribution in [-0.4, -0.2) is 31.2 Å². The van der Waals surface area contributed by atoms with Gasteiger partial charge in [-0.25, -0.2) is 4.98 Å². The van der Waals surface area contributed by atoms with E-state index in [9.17, 15) is 4.79 Å². The van der Waals surface area contributed by atoms with Crippen LogP contribution in [0.25, 0.3) is 0 Å². The Morgan fingerprint density at radius 1 is 1.29 bits per heavy atom. The average Bonchev–Trinajstić information content (AvgIpc) is 2.50. The quantitative estimate of drug-likeness (QED) is 0.786. The molecule has 0 saturated heterocycles. The third kappa shape index (κ3) is 4.54. The summed E-state index contributed by atoms with van der Waals surface area (Å²) in [7, 11) is 1.65. The van der Waals surface area contributed by atoms with Crippen molar-refractivity contribution in [3.8, 4) is 0 Å². The van der Waals surface area contributed by atoms with Gasteiger partial charge in [0.1, 0.15) is 5.69 Å². The molecule has 1 amide bonds. The van der Waals surface area contributed by atoms with Crippen LogP contribution in [0.1, 0.15) is 10.5 Å². The summed E-state index contributed by atoms with van der Waals surface area (Å²) in [4.78, 5) is 16.3. The number of benzene rings is 1. The van der Waals surface area contributed by atoms with Crippen LogP contribution in [-0.2, 0) is 4.74 Å². The summed E-state index contributed by atoms with van der Waals surface area (Å²) in [6.45, 7) is 1.31. The fourth-order valence-corrected chi connectivity index (χ4v) is 2.06. The number of amides is 1. The van der Waals surface area contributed by atoms with Crippen LogP contribution in [0.4, 0.5) is 11.4 Å². The molecule has 0 spiro atoms. The lowest BCUT2D eigenvalue weighted by Crippen LogP contribution is -2.14. The third-order valence-corrected chi connectivity index (χ3v) is 3.44. The second-order valence-electron chi connectivity index (χ2n) is 4.29. The number of ether oxygens (including phenoxy) is 1. The van der Waals surface area contributed by atoms with Gasteiger partial charge in [0.25, 0.3) is 5.91 Å². The maximum Gasteiger partial charge on any atom is 0.274 e. The molecule has 1 aromatic carbocycles. The lowest BCUT2D eigenvalue weighted by Gasteiger charge is -2.08. The van der Waals surface area contributed by atoms with Gasteiger partial charge in [-0.3, -0.25) is 4.79 Å². The fraction of sp³-hybridized carbons (Fsp3) is 0.200. The molecule has 0 saturated carbocycles. The van der Waals surface area contributed by atoms with Crippen LogP contribution >= 0.6 is 15.9 Å². The van der Waals surface area contributed by atoms with E-state index >= 15 is 0 Å². The molecule has 2 N–H and O–H groups in total. The molecule has 21 heavy (non-hydrogen) atoms. The minimum Gasteiger partial charge on any atom is -0.383 e. The normalized spacial score (nSPS) is 10.2. The summed E-state index contributed by atoms with van der Waals surface area (Å²) < 4.78 is 5.78. The van der Waals surface area contributed by atoms with Gasteiger partial charge in [0.05, 0.1) is 24.2 Å². The van der Waals surface area contributed by atoms with E-state index in [1.165, 1.54) is 0 Å². The number of carbonyl (C=O) groups excluding carboxylic acids is 1. The molecule has 0 aliphatic carbocycles. The molecule has 2 aromatic rings. The minimum atomic E-state index is -0.245. The van der Waals surface area contributed by atoms with E-state index in [0.717, 1.165) is 10.2 Å². The third-order valence-electron chi connectivity index (χ3n) is 2.75. The number of halogens is 1. The SMILES string of the molecule is COCCNc1ccc(C(=O)Nc2ccccc2Br)nc1. The standard InChI is InChI=1S/C15H16BrN3O2/c1-21-9-8-17-11-6-7-14(18-10-11)15(20)19-13-5-3-2-4-12(13)16/h2-7,10,17H,8-9H2,1H3,(H,19,20). The van der Waals surface area contributed by atoms with E-state index in [-0.39, 0.29) is 5.91 Å². The number of para-hydroxylation sites is 1. The topological polar surface area (TPSA) is 63.2 Å². The molecular formula is C15H16BrN3O2. The molecule has 1 aromatic heterocycles. The van der Waals surface area contributed by atoms with Crippen molar-refractivity contribution in [3.05, 3.63) is 52.8 Å². The van der Waals surface area contributed by atoms with Gasteiger partial charge in [-0.05, 0) is 40.2 Å². The van der Waals surface area contributed by atoms with Gasteiger partial charge in [-0.15, -0.1) is 0 Å². The number of hydrogen-bond donors (Lipinski definition) is 2. The Bertz CT molecular complexity index is 602. The number of hydrogen-bond acceptors (Lipinski definition) is 4. The maximum atomic E-state index is 12.1. The van der Waals surface area contributed by atoms with Gasteiger partial charge >= 0.3 is 0 Å². The predicted molar refractivity (Wildman–Crippen MR) is 86.7 cm³/mol. The van der Waals surface area contributed by atoms with Crippen molar-refractivity contribution in [2.45, 2.75) is 0 Å². The molecule has 6 heteroatoms. The highest BCUT2D eigenvalue weighted by Gasteiger charge is 2.09. The van der Waals surface area contributed by atoms with Crippen LogP contribution in [0.15, 0.2) is 47.1 Å². The van der Waals surface area contributed by atoms with Crippen LogP contribution in [0.3, 0.4) is 0 Å². The van der Waals surface area contributed by atoms with E-state index in [1.54, 1.807) is 19.4 Å². The lowest BCUT2D eigenvalue weighted by molar-refractivity contribution is 0.102. The Hall–Kier alpha value is -1.92. The van der Waals surface area contributed by atoms with E-state index in [4.69, 9.17) is 4.74 Å². The van der Waals surface area contributed by atoms with Crippen molar-refractivity contribution in [2.75, 3.05) is 30.9 Å². The van der Waals surface area contributed by atoms with Gasteiger partial charge < -0.3 is 15.4 Å². The average molecular weight is 350 g/mol. The molecule has 0 radical (unpaired) electrons. The molecular weight excluding hydrogens is 334 g/mol. The van der Waals surface area contributed by atoms with Crippen LogP contribution in [0.5, 0.6) is 0 Å². The van der Waals surface area contributed by atoms with E-state index in [1.807, 2.05) is 30.3 Å². The van der Waals surface area contributed by atoms with Crippen LogP contribution < -0.4 is 10.6 Å². The first-order chi connectivity index (χ1) is 10.2. The van der Waals surface area contributed by atoms with Crippen molar-refractivity contribution in [2.24, 2.45) is 0 Å². The Labute approximate surface area is 131 Å². The van der Waals surface area contributed by atoms with E-state index < -0.39 is 0 Å². The summed E-state index contributed by atoms with van der Waals surface area (Å²) in [5.74, 6) is -0.245. The summed E-state index contributed by atoms with van der Waals surface area (Å²) in [6, 6.07) is 10.9. The van der Waals surface area contributed by atoms with Crippen LogP contribution in [0, 0.1) is 0 Å². The van der Waals surface area contributed by atoms with Crippen molar-refractivity contribution in [1.82, 2.24) is 4.98 Å². The van der Waals surface area contributed by atoms with Crippen molar-refractivity contribution in [3.63, 3.8) is 0 Å². The predicted octanol–water partition coefficient (Wildman–Crippen LogP) is 3.15. The fourth-order valence-electron chi connectivity index (χ4n) is 1.68. The number of carbonyl (C=O) groups is 1. The van der Waals surface area contributed by atoms with E-state index in [2.05, 4.69) is 31.5 Å². The van der Waals surface area contributed by atoms with Gasteiger partial charge in [0.2, 0.25) is 0 Å². The number of anilines is 2. The monoisotopic (exact) mass is 349 g/mol. The zero-order valence-electron chi connectivity index (χ0n) is 11.6. The number of methoxy groups -OCH3 is 1. The Morgan fingerprint density at radius 2 is 2.10 bits per heavy atom. The summed E-state index contributed by atoms with van der Waals surface area (Å²) in [5.41, 5.74) is 1.93. The zero-order chi connectivity index (χ0) is 15.1. The highest BCUT2D eigenvalue weighted by molar-refractivity contribution is 9.10. The molecule has 110 valence electrons. The molecule has 0 unspecified atom stereocenters. The summed E-state index contributed by atoms with van der Waals surface area (Å²) >= 11 is 3.39. The van der Waals surface area contributed by atoms with Crippen LogP contribution in [0.2, 0.25) is 0 Å². The molecule has 1 heterocycles. The molecule has 0 aliphatic rings. The number of aromatic nitrogens is 1. The Kier molecular flexibility index (Phi) is 5.71. The Balaban J connectivity index is 1.98. The lowest BCUT2D eigenvalue weighted by atomic mass is 10.3. The largest absolute Gasteiger partial charge is 0.383 e. The molecule has 2 rings (SSSR count). The van der Waals surface area contributed by atoms with Gasteiger partial charge in [-0.1, -0.05) is 12.1 Å². The number of pyridine rings is 1. The first-order valence-corrected chi connectivity index (χ1v) is 7.25. The van der Waals surface area contributed by atoms with Crippen molar-refractivity contribution < 1.29 is 9.53 Å².